The molecule has 0 unspecified atom stereocenters. The molecule has 2 nitrogen and oxygen atoms in total. The highest BCUT2D eigenvalue weighted by Crippen LogP contribution is 2.22. The lowest BCUT2D eigenvalue weighted by atomic mass is 10.3. The first-order valence-electron chi connectivity index (χ1n) is 4.99. The molecule has 0 atom stereocenters. The van der Waals surface area contributed by atoms with Crippen molar-refractivity contribution >= 4 is 17.4 Å². The molecule has 0 aromatic heterocycles. The SMILES string of the molecule is CCOCCCSc1ccc(N)c(F)c1. The van der Waals surface area contributed by atoms with Crippen LogP contribution in [0.3, 0.4) is 0 Å². The summed E-state index contributed by atoms with van der Waals surface area (Å²) < 4.78 is 18.3. The molecule has 0 bridgehead atoms. The minimum atomic E-state index is -0.343. The summed E-state index contributed by atoms with van der Waals surface area (Å²) in [6.45, 7) is 3.49. The van der Waals surface area contributed by atoms with Gasteiger partial charge in [0.25, 0.3) is 0 Å². The third-order valence-corrected chi connectivity index (χ3v) is 2.96. The molecule has 15 heavy (non-hydrogen) atoms. The fraction of sp³-hybridized carbons (Fsp3) is 0.455. The summed E-state index contributed by atoms with van der Waals surface area (Å²) in [4.78, 5) is 0.915. The zero-order valence-electron chi connectivity index (χ0n) is 8.83. The van der Waals surface area contributed by atoms with E-state index in [1.165, 1.54) is 6.07 Å². The van der Waals surface area contributed by atoms with Crippen molar-refractivity contribution in [1.82, 2.24) is 0 Å². The second-order valence-electron chi connectivity index (χ2n) is 3.08. The van der Waals surface area contributed by atoms with Gasteiger partial charge in [-0.15, -0.1) is 11.8 Å². The maximum Gasteiger partial charge on any atom is 0.147 e. The number of nitrogens with two attached hydrogens (primary N) is 1. The van der Waals surface area contributed by atoms with Gasteiger partial charge in [-0.25, -0.2) is 4.39 Å². The van der Waals surface area contributed by atoms with Gasteiger partial charge in [0.1, 0.15) is 5.82 Å². The molecule has 1 rings (SSSR count). The van der Waals surface area contributed by atoms with E-state index in [1.807, 2.05) is 13.0 Å². The lowest BCUT2D eigenvalue weighted by molar-refractivity contribution is 0.149. The van der Waals surface area contributed by atoms with Gasteiger partial charge in [0.05, 0.1) is 5.69 Å². The first-order chi connectivity index (χ1) is 7.24. The smallest absolute Gasteiger partial charge is 0.147 e. The third-order valence-electron chi connectivity index (χ3n) is 1.88. The second kappa shape index (κ2) is 6.69. The summed E-state index contributed by atoms with van der Waals surface area (Å²) in [5.74, 6) is 0.591. The Balaban J connectivity index is 2.28. The Bertz CT molecular complexity index is 307. The van der Waals surface area contributed by atoms with Gasteiger partial charge in [0, 0.05) is 23.9 Å². The molecule has 1 aromatic carbocycles. The van der Waals surface area contributed by atoms with Crippen molar-refractivity contribution < 1.29 is 9.13 Å². The van der Waals surface area contributed by atoms with Crippen LogP contribution >= 0.6 is 11.8 Å². The molecule has 4 heteroatoms. The van der Waals surface area contributed by atoms with E-state index in [9.17, 15) is 4.39 Å². The Morgan fingerprint density at radius 2 is 2.27 bits per heavy atom. The number of thioether (sulfide) groups is 1. The van der Waals surface area contributed by atoms with Crippen molar-refractivity contribution in [2.75, 3.05) is 24.7 Å². The van der Waals surface area contributed by atoms with E-state index < -0.39 is 0 Å². The summed E-state index contributed by atoms with van der Waals surface area (Å²) in [5, 5.41) is 0. The van der Waals surface area contributed by atoms with Crippen LogP contribution in [-0.4, -0.2) is 19.0 Å². The molecule has 0 radical (unpaired) electrons. The lowest BCUT2D eigenvalue weighted by Gasteiger charge is -2.03. The summed E-state index contributed by atoms with van der Waals surface area (Å²) in [7, 11) is 0. The Kier molecular flexibility index (Phi) is 5.50. The quantitative estimate of drug-likeness (QED) is 0.463. The van der Waals surface area contributed by atoms with E-state index in [1.54, 1.807) is 17.8 Å². The normalized spacial score (nSPS) is 10.5. The molecule has 0 spiro atoms. The van der Waals surface area contributed by atoms with E-state index in [4.69, 9.17) is 10.5 Å². The number of hydrogen-bond acceptors (Lipinski definition) is 3. The van der Waals surface area contributed by atoms with Crippen molar-refractivity contribution in [3.8, 4) is 0 Å². The van der Waals surface area contributed by atoms with Crippen molar-refractivity contribution in [2.24, 2.45) is 0 Å². The van der Waals surface area contributed by atoms with Crippen LogP contribution in [0.2, 0.25) is 0 Å². The topological polar surface area (TPSA) is 35.2 Å². The average Bonchev–Trinajstić information content (AvgIpc) is 2.23. The van der Waals surface area contributed by atoms with Crippen LogP contribution in [0.4, 0.5) is 10.1 Å². The predicted molar refractivity (Wildman–Crippen MR) is 62.6 cm³/mol. The van der Waals surface area contributed by atoms with Gasteiger partial charge in [0.15, 0.2) is 0 Å². The Morgan fingerprint density at radius 1 is 1.47 bits per heavy atom. The Labute approximate surface area is 94.0 Å². The first-order valence-corrected chi connectivity index (χ1v) is 5.98. The Morgan fingerprint density at radius 3 is 2.93 bits per heavy atom. The zero-order valence-corrected chi connectivity index (χ0v) is 9.65. The van der Waals surface area contributed by atoms with Crippen LogP contribution in [0.15, 0.2) is 23.1 Å². The third kappa shape index (κ3) is 4.53. The van der Waals surface area contributed by atoms with Crippen LogP contribution in [0, 0.1) is 5.82 Å². The van der Waals surface area contributed by atoms with E-state index in [-0.39, 0.29) is 11.5 Å². The summed E-state index contributed by atoms with van der Waals surface area (Å²) in [5.41, 5.74) is 5.58. The minimum Gasteiger partial charge on any atom is -0.396 e. The number of halogens is 1. The van der Waals surface area contributed by atoms with E-state index in [2.05, 4.69) is 0 Å². The van der Waals surface area contributed by atoms with E-state index >= 15 is 0 Å². The van der Waals surface area contributed by atoms with Crippen LogP contribution in [0.5, 0.6) is 0 Å². The molecule has 0 heterocycles. The monoisotopic (exact) mass is 229 g/mol. The van der Waals surface area contributed by atoms with Crippen LogP contribution < -0.4 is 5.73 Å². The molecule has 0 aliphatic carbocycles. The lowest BCUT2D eigenvalue weighted by Crippen LogP contribution is -1.95. The van der Waals surface area contributed by atoms with Gasteiger partial charge in [-0.2, -0.15) is 0 Å². The van der Waals surface area contributed by atoms with Crippen molar-refractivity contribution in [2.45, 2.75) is 18.2 Å². The van der Waals surface area contributed by atoms with E-state index in [0.717, 1.165) is 30.3 Å². The maximum absolute atomic E-state index is 13.0. The molecule has 0 saturated heterocycles. The first kappa shape index (κ1) is 12.3. The summed E-state index contributed by atoms with van der Waals surface area (Å²) in [6.07, 6.45) is 0.977. The minimum absolute atomic E-state index is 0.202. The predicted octanol–water partition coefficient (Wildman–Crippen LogP) is 2.93. The number of hydrogen-bond donors (Lipinski definition) is 1. The summed E-state index contributed by atoms with van der Waals surface area (Å²) >= 11 is 1.62. The van der Waals surface area contributed by atoms with Crippen LogP contribution in [0.1, 0.15) is 13.3 Å². The molecule has 1 aromatic rings. The number of benzene rings is 1. The van der Waals surface area contributed by atoms with Gasteiger partial charge < -0.3 is 10.5 Å². The van der Waals surface area contributed by atoms with Crippen LogP contribution in [-0.2, 0) is 4.74 Å². The van der Waals surface area contributed by atoms with Gasteiger partial charge in [-0.3, -0.25) is 0 Å². The Hall–Kier alpha value is -0.740. The maximum atomic E-state index is 13.0. The molecule has 0 aliphatic heterocycles. The number of ether oxygens (including phenoxy) is 1. The molecule has 0 saturated carbocycles. The number of anilines is 1. The van der Waals surface area contributed by atoms with Crippen molar-refractivity contribution in [3.05, 3.63) is 24.0 Å². The largest absolute Gasteiger partial charge is 0.396 e. The molecular formula is C11H16FNOS. The fourth-order valence-corrected chi connectivity index (χ4v) is 1.94. The summed E-state index contributed by atoms with van der Waals surface area (Å²) in [6, 6.07) is 4.91. The van der Waals surface area contributed by atoms with Gasteiger partial charge >= 0.3 is 0 Å². The molecular weight excluding hydrogens is 213 g/mol. The molecule has 0 amide bonds. The van der Waals surface area contributed by atoms with Gasteiger partial charge in [-0.05, 0) is 31.5 Å². The molecule has 84 valence electrons. The molecule has 0 fully saturated rings. The molecule has 0 aliphatic rings. The number of nitrogen functional groups attached to an aromatic ring is 1. The standard InChI is InChI=1S/C11H16FNOS/c1-2-14-6-3-7-15-9-4-5-11(13)10(12)8-9/h4-5,8H,2-3,6-7,13H2,1H3. The van der Waals surface area contributed by atoms with E-state index in [0.29, 0.717) is 0 Å². The highest BCUT2D eigenvalue weighted by molar-refractivity contribution is 7.99. The van der Waals surface area contributed by atoms with Crippen LogP contribution in [0.25, 0.3) is 0 Å². The average molecular weight is 229 g/mol. The highest BCUT2D eigenvalue weighted by atomic mass is 32.2. The molecule has 2 N–H and O–H groups in total. The number of rotatable bonds is 6. The highest BCUT2D eigenvalue weighted by Gasteiger charge is 2.00. The van der Waals surface area contributed by atoms with Gasteiger partial charge in [0.2, 0.25) is 0 Å². The second-order valence-corrected chi connectivity index (χ2v) is 4.25. The van der Waals surface area contributed by atoms with Crippen molar-refractivity contribution in [3.63, 3.8) is 0 Å². The van der Waals surface area contributed by atoms with Crippen molar-refractivity contribution in [1.29, 1.82) is 0 Å². The van der Waals surface area contributed by atoms with Gasteiger partial charge in [-0.1, -0.05) is 0 Å². The fourth-order valence-electron chi connectivity index (χ4n) is 1.09. The zero-order chi connectivity index (χ0) is 11.1.